The molecular weight excluding hydrogens is 386 g/mol. The number of non-ortho nitro benzene ring substituents is 1. The van der Waals surface area contributed by atoms with Gasteiger partial charge in [0.15, 0.2) is 0 Å². The van der Waals surface area contributed by atoms with Crippen LogP contribution in [0.1, 0.15) is 27.0 Å². The van der Waals surface area contributed by atoms with Crippen LogP contribution in [0.5, 0.6) is 11.5 Å². The summed E-state index contributed by atoms with van der Waals surface area (Å²) in [7, 11) is 0. The van der Waals surface area contributed by atoms with Gasteiger partial charge in [-0.2, -0.15) is 5.10 Å². The highest BCUT2D eigenvalue weighted by Crippen LogP contribution is 2.19. The van der Waals surface area contributed by atoms with Crippen LogP contribution in [-0.4, -0.2) is 17.0 Å². The first-order valence-corrected chi connectivity index (χ1v) is 8.99. The minimum Gasteiger partial charge on any atom is -0.872 e. The van der Waals surface area contributed by atoms with E-state index in [1.54, 1.807) is 24.3 Å². The second kappa shape index (κ2) is 9.33. The number of hydrogen-bond acceptors (Lipinski definition) is 6. The molecule has 0 heterocycles. The minimum atomic E-state index is -0.613. The number of aryl methyl sites for hydroxylation is 1. The number of benzene rings is 3. The Labute approximate surface area is 172 Å². The Morgan fingerprint density at radius 1 is 1.13 bits per heavy atom. The highest BCUT2D eigenvalue weighted by molar-refractivity contribution is 5.95. The second-order valence-electron chi connectivity index (χ2n) is 6.48. The zero-order valence-electron chi connectivity index (χ0n) is 16.1. The largest absolute Gasteiger partial charge is 0.872 e. The number of nitro groups is 1. The standard InChI is InChI=1S/C22H19N3O5/c1-15-3-2-4-16(11-15)14-30-20-8-5-17(6-9-20)22(27)24-23-13-18-12-19(25(28)29)7-10-21(18)26/h2-13,26H,14H2,1H3,(H,24,27)/p-1/b23-13-. The first-order chi connectivity index (χ1) is 14.4. The summed E-state index contributed by atoms with van der Waals surface area (Å²) in [4.78, 5) is 22.3. The maximum Gasteiger partial charge on any atom is 0.271 e. The number of rotatable bonds is 7. The maximum absolute atomic E-state index is 12.2. The summed E-state index contributed by atoms with van der Waals surface area (Å²) in [5, 5.41) is 26.2. The summed E-state index contributed by atoms with van der Waals surface area (Å²) in [6, 6.07) is 17.8. The van der Waals surface area contributed by atoms with Gasteiger partial charge in [0.25, 0.3) is 11.6 Å². The van der Waals surface area contributed by atoms with Gasteiger partial charge in [-0.15, -0.1) is 0 Å². The summed E-state index contributed by atoms with van der Waals surface area (Å²) < 4.78 is 5.71. The summed E-state index contributed by atoms with van der Waals surface area (Å²) in [5.74, 6) is -0.313. The molecule has 8 heteroatoms. The SMILES string of the molecule is Cc1cccc(COc2ccc(C(=O)N/N=C\c3cc([N+](=O)[O-])ccc3[O-])cc2)c1. The van der Waals surface area contributed by atoms with Crippen LogP contribution in [0.3, 0.4) is 0 Å². The molecule has 0 spiro atoms. The molecule has 30 heavy (non-hydrogen) atoms. The molecule has 8 nitrogen and oxygen atoms in total. The molecule has 0 aliphatic rings. The van der Waals surface area contributed by atoms with E-state index in [4.69, 9.17) is 4.74 Å². The molecule has 3 rings (SSSR count). The van der Waals surface area contributed by atoms with E-state index in [9.17, 15) is 20.0 Å². The molecule has 0 aromatic heterocycles. The topological polar surface area (TPSA) is 117 Å². The van der Waals surface area contributed by atoms with Gasteiger partial charge in [0, 0.05) is 17.7 Å². The number of nitrogens with one attached hydrogen (secondary N) is 1. The van der Waals surface area contributed by atoms with Crippen molar-refractivity contribution >= 4 is 17.8 Å². The lowest BCUT2D eigenvalue weighted by Gasteiger charge is -2.09. The van der Waals surface area contributed by atoms with Gasteiger partial charge in [0.2, 0.25) is 0 Å². The van der Waals surface area contributed by atoms with Crippen molar-refractivity contribution in [1.29, 1.82) is 0 Å². The second-order valence-corrected chi connectivity index (χ2v) is 6.48. The van der Waals surface area contributed by atoms with Gasteiger partial charge in [-0.05, 0) is 42.3 Å². The Balaban J connectivity index is 1.57. The van der Waals surface area contributed by atoms with Gasteiger partial charge < -0.3 is 9.84 Å². The molecule has 0 atom stereocenters. The Bertz CT molecular complexity index is 1090. The first-order valence-electron chi connectivity index (χ1n) is 8.99. The zero-order chi connectivity index (χ0) is 21.5. The quantitative estimate of drug-likeness (QED) is 0.368. The fourth-order valence-corrected chi connectivity index (χ4v) is 2.65. The summed E-state index contributed by atoms with van der Waals surface area (Å²) in [6.07, 6.45) is 1.08. The Hall–Kier alpha value is -4.20. The Morgan fingerprint density at radius 3 is 2.60 bits per heavy atom. The van der Waals surface area contributed by atoms with Crippen molar-refractivity contribution in [1.82, 2.24) is 5.43 Å². The van der Waals surface area contributed by atoms with Crippen molar-refractivity contribution in [3.8, 4) is 11.5 Å². The molecule has 152 valence electrons. The zero-order valence-corrected chi connectivity index (χ0v) is 16.1. The smallest absolute Gasteiger partial charge is 0.271 e. The van der Waals surface area contributed by atoms with Gasteiger partial charge >= 0.3 is 0 Å². The van der Waals surface area contributed by atoms with Crippen LogP contribution in [0.2, 0.25) is 0 Å². The van der Waals surface area contributed by atoms with Crippen molar-refractivity contribution in [2.75, 3.05) is 0 Å². The van der Waals surface area contributed by atoms with Crippen molar-refractivity contribution < 1.29 is 19.6 Å². The molecule has 1 N–H and O–H groups in total. The summed E-state index contributed by atoms with van der Waals surface area (Å²) >= 11 is 0. The van der Waals surface area contributed by atoms with Crippen LogP contribution in [-0.2, 0) is 6.61 Å². The number of nitro benzene ring substituents is 1. The Kier molecular flexibility index (Phi) is 6.39. The number of hydrazone groups is 1. The van der Waals surface area contributed by atoms with Crippen LogP contribution in [0.25, 0.3) is 0 Å². The molecule has 3 aromatic rings. The number of carbonyl (C=O) groups excluding carboxylic acids is 1. The number of amides is 1. The number of ether oxygens (including phenoxy) is 1. The van der Waals surface area contributed by atoms with E-state index < -0.39 is 16.6 Å². The monoisotopic (exact) mass is 404 g/mol. The fourth-order valence-electron chi connectivity index (χ4n) is 2.65. The van der Waals surface area contributed by atoms with Crippen LogP contribution in [0.15, 0.2) is 71.8 Å². The molecule has 0 aliphatic heterocycles. The molecule has 0 radical (unpaired) electrons. The van der Waals surface area contributed by atoms with Crippen molar-refractivity contribution in [3.05, 3.63) is 99.1 Å². The first kappa shape index (κ1) is 20.5. The number of hydrogen-bond donors (Lipinski definition) is 1. The van der Waals surface area contributed by atoms with E-state index in [1.165, 1.54) is 0 Å². The highest BCUT2D eigenvalue weighted by Gasteiger charge is 2.07. The number of carbonyl (C=O) groups is 1. The third-order valence-corrected chi connectivity index (χ3v) is 4.18. The third kappa shape index (κ3) is 5.41. The van der Waals surface area contributed by atoms with Crippen LogP contribution < -0.4 is 15.3 Å². The van der Waals surface area contributed by atoms with Crippen molar-refractivity contribution in [3.63, 3.8) is 0 Å². The van der Waals surface area contributed by atoms with E-state index in [0.29, 0.717) is 17.9 Å². The van der Waals surface area contributed by atoms with E-state index in [1.807, 2.05) is 31.2 Å². The molecule has 0 aliphatic carbocycles. The number of nitrogens with zero attached hydrogens (tertiary/aromatic N) is 2. The normalized spacial score (nSPS) is 10.7. The molecule has 0 fully saturated rings. The molecule has 1 amide bonds. The Morgan fingerprint density at radius 2 is 1.90 bits per heavy atom. The maximum atomic E-state index is 12.2. The van der Waals surface area contributed by atoms with Gasteiger partial charge in [-0.25, -0.2) is 5.43 Å². The molecular formula is C22H18N3O5-. The lowest BCUT2D eigenvalue weighted by Crippen LogP contribution is -2.17. The molecule has 0 saturated carbocycles. The van der Waals surface area contributed by atoms with Crippen LogP contribution in [0.4, 0.5) is 5.69 Å². The minimum absolute atomic E-state index is 0.00407. The van der Waals surface area contributed by atoms with E-state index in [-0.39, 0.29) is 11.3 Å². The molecule has 0 unspecified atom stereocenters. The van der Waals surface area contributed by atoms with Crippen molar-refractivity contribution in [2.45, 2.75) is 13.5 Å². The van der Waals surface area contributed by atoms with Gasteiger partial charge in [-0.3, -0.25) is 14.9 Å². The third-order valence-electron chi connectivity index (χ3n) is 4.18. The summed E-state index contributed by atoms with van der Waals surface area (Å²) in [5.41, 5.74) is 4.60. The molecule has 0 bridgehead atoms. The molecule has 3 aromatic carbocycles. The van der Waals surface area contributed by atoms with Gasteiger partial charge in [-0.1, -0.05) is 41.6 Å². The highest BCUT2D eigenvalue weighted by atomic mass is 16.6. The van der Waals surface area contributed by atoms with E-state index in [0.717, 1.165) is 35.5 Å². The van der Waals surface area contributed by atoms with Gasteiger partial charge in [0.05, 0.1) is 11.1 Å². The van der Waals surface area contributed by atoms with Crippen LogP contribution in [0, 0.1) is 17.0 Å². The fraction of sp³-hybridized carbons (Fsp3) is 0.0909. The van der Waals surface area contributed by atoms with Gasteiger partial charge in [0.1, 0.15) is 12.4 Å². The lowest BCUT2D eigenvalue weighted by atomic mass is 10.1. The predicted molar refractivity (Wildman–Crippen MR) is 110 cm³/mol. The molecule has 0 saturated heterocycles. The summed E-state index contributed by atoms with van der Waals surface area (Å²) in [6.45, 7) is 2.43. The van der Waals surface area contributed by atoms with Crippen molar-refractivity contribution in [2.24, 2.45) is 5.10 Å². The average molecular weight is 404 g/mol. The van der Waals surface area contributed by atoms with E-state index >= 15 is 0 Å². The van der Waals surface area contributed by atoms with E-state index in [2.05, 4.69) is 10.5 Å². The predicted octanol–water partition coefficient (Wildman–Crippen LogP) is 3.32. The van der Waals surface area contributed by atoms with Crippen LogP contribution >= 0.6 is 0 Å². The lowest BCUT2D eigenvalue weighted by molar-refractivity contribution is -0.385. The average Bonchev–Trinajstić information content (AvgIpc) is 2.73.